The summed E-state index contributed by atoms with van der Waals surface area (Å²) in [5.74, 6) is 0.525. The molecule has 1 amide bonds. The van der Waals surface area contributed by atoms with Crippen LogP contribution in [0.1, 0.15) is 24.5 Å². The zero-order chi connectivity index (χ0) is 24.0. The molecule has 9 nitrogen and oxygen atoms in total. The number of nitrogens with two attached hydrogens (primary N) is 1. The number of aromatic nitrogens is 2. The van der Waals surface area contributed by atoms with Crippen LogP contribution in [0.3, 0.4) is 0 Å². The minimum atomic E-state index is -3.65. The normalized spacial score (nSPS) is 11.2. The number of anilines is 3. The van der Waals surface area contributed by atoms with Crippen molar-refractivity contribution in [2.24, 2.45) is 0 Å². The van der Waals surface area contributed by atoms with Crippen molar-refractivity contribution >= 4 is 33.4 Å². The Balaban J connectivity index is 1.55. The van der Waals surface area contributed by atoms with Crippen LogP contribution in [0.4, 0.5) is 17.5 Å². The van der Waals surface area contributed by atoms with E-state index in [1.165, 1.54) is 19.1 Å². The molecule has 0 atom stereocenters. The first kappa shape index (κ1) is 24.1. The van der Waals surface area contributed by atoms with Gasteiger partial charge < -0.3 is 16.4 Å². The molecule has 0 saturated carbocycles. The fourth-order valence-corrected chi connectivity index (χ4v) is 4.31. The summed E-state index contributed by atoms with van der Waals surface area (Å²) in [4.78, 5) is 19.8. The maximum Gasteiger partial charge on any atom is 0.240 e. The molecule has 0 radical (unpaired) electrons. The van der Waals surface area contributed by atoms with Gasteiger partial charge in [-0.2, -0.15) is 4.98 Å². The van der Waals surface area contributed by atoms with Gasteiger partial charge in [0.2, 0.25) is 21.9 Å². The lowest BCUT2D eigenvalue weighted by Gasteiger charge is -2.12. The molecular formula is C23H28N6O3S. The molecule has 0 aliphatic heterocycles. The van der Waals surface area contributed by atoms with Crippen LogP contribution in [-0.2, 0) is 14.8 Å². The van der Waals surface area contributed by atoms with Crippen LogP contribution in [0.15, 0.2) is 53.4 Å². The Morgan fingerprint density at radius 2 is 1.76 bits per heavy atom. The van der Waals surface area contributed by atoms with Crippen LogP contribution >= 0.6 is 0 Å². The van der Waals surface area contributed by atoms with Gasteiger partial charge in [-0.15, -0.1) is 0 Å². The average Bonchev–Trinajstić information content (AvgIpc) is 2.75. The molecule has 3 rings (SSSR count). The average molecular weight is 469 g/mol. The highest BCUT2D eigenvalue weighted by Gasteiger charge is 2.13. The maximum absolute atomic E-state index is 12.4. The molecule has 0 fully saturated rings. The number of rotatable bonds is 9. The Morgan fingerprint density at radius 1 is 1.03 bits per heavy atom. The predicted molar refractivity (Wildman–Crippen MR) is 130 cm³/mol. The SMILES string of the molecule is CC(=O)Nc1ccc(S(=O)(=O)NCCCNc2cc(-c3cccc(C)c3C)nc(N)n2)cc1. The Hall–Kier alpha value is -3.50. The van der Waals surface area contributed by atoms with Crippen molar-refractivity contribution in [3.63, 3.8) is 0 Å². The number of nitrogen functional groups attached to an aromatic ring is 1. The highest BCUT2D eigenvalue weighted by atomic mass is 32.2. The Morgan fingerprint density at radius 3 is 2.45 bits per heavy atom. The molecule has 2 aromatic carbocycles. The van der Waals surface area contributed by atoms with Crippen molar-refractivity contribution in [1.29, 1.82) is 0 Å². The van der Waals surface area contributed by atoms with Crippen molar-refractivity contribution in [3.05, 3.63) is 59.7 Å². The van der Waals surface area contributed by atoms with E-state index in [9.17, 15) is 13.2 Å². The lowest BCUT2D eigenvalue weighted by Crippen LogP contribution is -2.26. The van der Waals surface area contributed by atoms with Crippen LogP contribution in [-0.4, -0.2) is 37.4 Å². The van der Waals surface area contributed by atoms with E-state index >= 15 is 0 Å². The van der Waals surface area contributed by atoms with Crippen LogP contribution in [0, 0.1) is 13.8 Å². The van der Waals surface area contributed by atoms with Crippen molar-refractivity contribution in [1.82, 2.24) is 14.7 Å². The van der Waals surface area contributed by atoms with Gasteiger partial charge in [0.25, 0.3) is 0 Å². The number of benzene rings is 2. The molecule has 1 aromatic heterocycles. The molecule has 0 unspecified atom stereocenters. The molecular weight excluding hydrogens is 440 g/mol. The van der Waals surface area contributed by atoms with Gasteiger partial charge in [0.1, 0.15) is 5.82 Å². The van der Waals surface area contributed by atoms with Gasteiger partial charge >= 0.3 is 0 Å². The van der Waals surface area contributed by atoms with Gasteiger partial charge in [-0.1, -0.05) is 18.2 Å². The molecule has 1 heterocycles. The summed E-state index contributed by atoms with van der Waals surface area (Å²) in [7, 11) is -3.65. The van der Waals surface area contributed by atoms with E-state index in [-0.39, 0.29) is 23.3 Å². The molecule has 10 heteroatoms. The lowest BCUT2D eigenvalue weighted by molar-refractivity contribution is -0.114. The number of sulfonamides is 1. The van der Waals surface area contributed by atoms with E-state index in [0.29, 0.717) is 24.5 Å². The summed E-state index contributed by atoms with van der Waals surface area (Å²) in [6.45, 7) is 6.21. The third-order valence-electron chi connectivity index (χ3n) is 5.06. The van der Waals surface area contributed by atoms with E-state index < -0.39 is 10.0 Å². The van der Waals surface area contributed by atoms with Crippen molar-refractivity contribution in [3.8, 4) is 11.3 Å². The smallest absolute Gasteiger partial charge is 0.240 e. The third-order valence-corrected chi connectivity index (χ3v) is 6.54. The van der Waals surface area contributed by atoms with E-state index in [4.69, 9.17) is 5.73 Å². The number of carbonyl (C=O) groups excluding carboxylic acids is 1. The summed E-state index contributed by atoms with van der Waals surface area (Å²) in [5, 5.41) is 5.78. The van der Waals surface area contributed by atoms with Gasteiger partial charge in [0.15, 0.2) is 0 Å². The fraction of sp³-hybridized carbons (Fsp3) is 0.261. The van der Waals surface area contributed by atoms with Gasteiger partial charge in [-0.25, -0.2) is 18.1 Å². The van der Waals surface area contributed by atoms with Gasteiger partial charge in [0, 0.05) is 37.3 Å². The Kier molecular flexibility index (Phi) is 7.62. The second-order valence-corrected chi connectivity index (χ2v) is 9.39. The van der Waals surface area contributed by atoms with Crippen LogP contribution < -0.4 is 21.1 Å². The number of aryl methyl sites for hydroxylation is 1. The summed E-state index contributed by atoms with van der Waals surface area (Å²) in [6, 6.07) is 13.8. The zero-order valence-corrected chi connectivity index (χ0v) is 19.7. The van der Waals surface area contributed by atoms with E-state index in [1.807, 2.05) is 38.1 Å². The van der Waals surface area contributed by atoms with Gasteiger partial charge in [-0.3, -0.25) is 4.79 Å². The number of amides is 1. The predicted octanol–water partition coefficient (Wildman–Crippen LogP) is 3.08. The molecule has 0 spiro atoms. The van der Waals surface area contributed by atoms with Crippen molar-refractivity contribution in [2.45, 2.75) is 32.1 Å². The monoisotopic (exact) mass is 468 g/mol. The Labute approximate surface area is 193 Å². The molecule has 174 valence electrons. The largest absolute Gasteiger partial charge is 0.370 e. The maximum atomic E-state index is 12.4. The standard InChI is InChI=1S/C23H28N6O3S/c1-15-6-4-7-20(16(15)2)21-14-22(29-23(24)28-21)25-12-5-13-26-33(31,32)19-10-8-18(9-11-19)27-17(3)30/h4,6-11,14,26H,5,12-13H2,1-3H3,(H,27,30)(H3,24,25,28,29). The van der Waals surface area contributed by atoms with E-state index in [2.05, 4.69) is 25.3 Å². The molecule has 0 bridgehead atoms. The van der Waals surface area contributed by atoms with Crippen molar-refractivity contribution in [2.75, 3.05) is 29.5 Å². The summed E-state index contributed by atoms with van der Waals surface area (Å²) in [5.41, 5.74) is 10.4. The first-order valence-electron chi connectivity index (χ1n) is 10.5. The molecule has 0 aliphatic rings. The first-order valence-corrected chi connectivity index (χ1v) is 12.0. The van der Waals surface area contributed by atoms with E-state index in [0.717, 1.165) is 22.4 Å². The molecule has 0 aliphatic carbocycles. The minimum Gasteiger partial charge on any atom is -0.370 e. The molecule has 33 heavy (non-hydrogen) atoms. The zero-order valence-electron chi connectivity index (χ0n) is 18.8. The highest BCUT2D eigenvalue weighted by molar-refractivity contribution is 7.89. The van der Waals surface area contributed by atoms with Crippen LogP contribution in [0.2, 0.25) is 0 Å². The third kappa shape index (κ3) is 6.50. The number of hydrogen-bond donors (Lipinski definition) is 4. The fourth-order valence-electron chi connectivity index (χ4n) is 3.24. The molecule has 5 N–H and O–H groups in total. The topological polar surface area (TPSA) is 139 Å². The van der Waals surface area contributed by atoms with Gasteiger partial charge in [0.05, 0.1) is 10.6 Å². The minimum absolute atomic E-state index is 0.131. The second kappa shape index (κ2) is 10.4. The lowest BCUT2D eigenvalue weighted by atomic mass is 10.0. The van der Waals surface area contributed by atoms with Crippen LogP contribution in [0.5, 0.6) is 0 Å². The first-order chi connectivity index (χ1) is 15.7. The molecule has 3 aromatic rings. The van der Waals surface area contributed by atoms with Crippen LogP contribution in [0.25, 0.3) is 11.3 Å². The quantitative estimate of drug-likeness (QED) is 0.354. The van der Waals surface area contributed by atoms with E-state index in [1.54, 1.807) is 12.1 Å². The van der Waals surface area contributed by atoms with Crippen molar-refractivity contribution < 1.29 is 13.2 Å². The Bertz CT molecular complexity index is 1240. The number of nitrogens with zero attached hydrogens (tertiary/aromatic N) is 2. The summed E-state index contributed by atoms with van der Waals surface area (Å²) in [6.07, 6.45) is 0.534. The summed E-state index contributed by atoms with van der Waals surface area (Å²) >= 11 is 0. The highest BCUT2D eigenvalue weighted by Crippen LogP contribution is 2.26. The molecule has 0 saturated heterocycles. The second-order valence-electron chi connectivity index (χ2n) is 7.63. The number of hydrogen-bond acceptors (Lipinski definition) is 7. The van der Waals surface area contributed by atoms with Gasteiger partial charge in [-0.05, 0) is 55.7 Å². The number of nitrogens with one attached hydrogen (secondary N) is 3. The summed E-state index contributed by atoms with van der Waals surface area (Å²) < 4.78 is 27.5. The number of carbonyl (C=O) groups is 1.